The van der Waals surface area contributed by atoms with E-state index in [0.717, 1.165) is 31.7 Å². The number of fused-ring (bicyclic) bond motifs is 1. The highest BCUT2D eigenvalue weighted by atomic mass is 15.1. The van der Waals surface area contributed by atoms with Crippen molar-refractivity contribution in [3.63, 3.8) is 0 Å². The third kappa shape index (κ3) is 2.40. The summed E-state index contributed by atoms with van der Waals surface area (Å²) in [6.07, 6.45) is 6.75. The molecular formula is C12H21N3. The second kappa shape index (κ2) is 4.35. The van der Waals surface area contributed by atoms with E-state index in [2.05, 4.69) is 29.6 Å². The minimum absolute atomic E-state index is 0.321. The average Bonchev–Trinajstić information content (AvgIpc) is 2.58. The second-order valence-electron chi connectivity index (χ2n) is 4.77. The van der Waals surface area contributed by atoms with Crippen molar-refractivity contribution in [2.45, 2.75) is 52.1 Å². The number of rotatable bonds is 3. The number of aromatic nitrogens is 2. The summed E-state index contributed by atoms with van der Waals surface area (Å²) in [6.45, 7) is 5.38. The highest BCUT2D eigenvalue weighted by Crippen LogP contribution is 2.23. The molecular weight excluding hydrogens is 186 g/mol. The van der Waals surface area contributed by atoms with Crippen LogP contribution in [0.15, 0.2) is 6.20 Å². The first-order chi connectivity index (χ1) is 7.19. The van der Waals surface area contributed by atoms with Gasteiger partial charge in [-0.25, -0.2) is 4.98 Å². The van der Waals surface area contributed by atoms with Gasteiger partial charge >= 0.3 is 0 Å². The lowest BCUT2D eigenvalue weighted by Gasteiger charge is -2.24. The number of aryl methyl sites for hydroxylation is 2. The van der Waals surface area contributed by atoms with Gasteiger partial charge in [0.05, 0.1) is 5.69 Å². The van der Waals surface area contributed by atoms with E-state index < -0.39 is 0 Å². The topological polar surface area (TPSA) is 43.8 Å². The number of nitrogens with two attached hydrogens (primary N) is 1. The average molecular weight is 207 g/mol. The van der Waals surface area contributed by atoms with E-state index in [-0.39, 0.29) is 0 Å². The van der Waals surface area contributed by atoms with Gasteiger partial charge in [-0.2, -0.15) is 0 Å². The van der Waals surface area contributed by atoms with Crippen molar-refractivity contribution in [3.8, 4) is 0 Å². The molecule has 0 saturated heterocycles. The van der Waals surface area contributed by atoms with Crippen LogP contribution in [0.1, 0.15) is 38.2 Å². The molecule has 0 fully saturated rings. The van der Waals surface area contributed by atoms with Crippen molar-refractivity contribution in [3.05, 3.63) is 17.7 Å². The summed E-state index contributed by atoms with van der Waals surface area (Å²) in [6, 6.07) is 0.321. The molecule has 0 spiro atoms. The van der Waals surface area contributed by atoms with E-state index in [0.29, 0.717) is 6.04 Å². The van der Waals surface area contributed by atoms with Gasteiger partial charge in [-0.05, 0) is 32.1 Å². The van der Waals surface area contributed by atoms with E-state index >= 15 is 0 Å². The number of hydrogen-bond acceptors (Lipinski definition) is 2. The van der Waals surface area contributed by atoms with Crippen LogP contribution in [0.5, 0.6) is 0 Å². The lowest BCUT2D eigenvalue weighted by atomic mass is 9.92. The van der Waals surface area contributed by atoms with Gasteiger partial charge < -0.3 is 10.3 Å². The Labute approximate surface area is 91.7 Å². The lowest BCUT2D eigenvalue weighted by Crippen LogP contribution is -2.25. The Bertz CT molecular complexity index is 328. The first-order valence-electron chi connectivity index (χ1n) is 5.99. The molecule has 0 bridgehead atoms. The molecule has 2 rings (SSSR count). The van der Waals surface area contributed by atoms with Crippen molar-refractivity contribution in [1.29, 1.82) is 0 Å². The molecule has 2 atom stereocenters. The predicted octanol–water partition coefficient (Wildman–Crippen LogP) is 1.75. The van der Waals surface area contributed by atoms with Crippen molar-refractivity contribution in [2.24, 2.45) is 11.7 Å². The van der Waals surface area contributed by atoms with Crippen LogP contribution in [0.3, 0.4) is 0 Å². The van der Waals surface area contributed by atoms with Gasteiger partial charge in [0, 0.05) is 25.2 Å². The predicted molar refractivity (Wildman–Crippen MR) is 61.7 cm³/mol. The Morgan fingerprint density at radius 3 is 3.13 bits per heavy atom. The molecule has 2 N–H and O–H groups in total. The van der Waals surface area contributed by atoms with Gasteiger partial charge in [-0.3, -0.25) is 0 Å². The summed E-state index contributed by atoms with van der Waals surface area (Å²) >= 11 is 0. The first-order valence-corrected chi connectivity index (χ1v) is 5.99. The Morgan fingerprint density at radius 1 is 1.67 bits per heavy atom. The Balaban J connectivity index is 2.05. The van der Waals surface area contributed by atoms with E-state index in [1.807, 2.05) is 0 Å². The van der Waals surface area contributed by atoms with Gasteiger partial charge in [0.1, 0.15) is 5.82 Å². The summed E-state index contributed by atoms with van der Waals surface area (Å²) in [5, 5.41) is 0. The molecule has 1 aliphatic rings. The number of imidazole rings is 1. The zero-order valence-electron chi connectivity index (χ0n) is 9.74. The van der Waals surface area contributed by atoms with Crippen molar-refractivity contribution >= 4 is 0 Å². The fourth-order valence-electron chi connectivity index (χ4n) is 2.45. The maximum atomic E-state index is 5.85. The van der Waals surface area contributed by atoms with Gasteiger partial charge in [0.15, 0.2) is 0 Å². The molecule has 2 heterocycles. The largest absolute Gasteiger partial charge is 0.335 e. The third-order valence-corrected chi connectivity index (χ3v) is 3.23. The minimum atomic E-state index is 0.321. The highest BCUT2D eigenvalue weighted by Gasteiger charge is 2.20. The van der Waals surface area contributed by atoms with Crippen LogP contribution in [0.25, 0.3) is 0 Å². The van der Waals surface area contributed by atoms with Crippen LogP contribution in [-0.4, -0.2) is 15.6 Å². The first kappa shape index (κ1) is 10.7. The minimum Gasteiger partial charge on any atom is -0.335 e. The molecule has 1 aromatic heterocycles. The molecule has 15 heavy (non-hydrogen) atoms. The second-order valence-corrected chi connectivity index (χ2v) is 4.77. The van der Waals surface area contributed by atoms with Gasteiger partial charge in [-0.1, -0.05) is 6.92 Å². The standard InChI is InChI=1S/C12H21N3/c1-3-11-8-15-5-4-10(6-9(2)13)7-12(15)14-11/h8-10H,3-7,13H2,1-2H3. The fourth-order valence-corrected chi connectivity index (χ4v) is 2.45. The van der Waals surface area contributed by atoms with Crippen molar-refractivity contribution < 1.29 is 0 Å². The molecule has 3 heteroatoms. The zero-order chi connectivity index (χ0) is 10.8. The van der Waals surface area contributed by atoms with E-state index in [1.54, 1.807) is 0 Å². The molecule has 0 aliphatic carbocycles. The summed E-state index contributed by atoms with van der Waals surface area (Å²) in [7, 11) is 0. The maximum absolute atomic E-state index is 5.85. The monoisotopic (exact) mass is 207 g/mol. The zero-order valence-corrected chi connectivity index (χ0v) is 9.74. The van der Waals surface area contributed by atoms with E-state index in [1.165, 1.54) is 17.9 Å². The molecule has 2 unspecified atom stereocenters. The van der Waals surface area contributed by atoms with Gasteiger partial charge in [0.2, 0.25) is 0 Å². The summed E-state index contributed by atoms with van der Waals surface area (Å²) in [4.78, 5) is 4.65. The van der Waals surface area contributed by atoms with E-state index in [4.69, 9.17) is 5.73 Å². The van der Waals surface area contributed by atoms with Crippen LogP contribution in [0, 0.1) is 5.92 Å². The Hall–Kier alpha value is -0.830. The van der Waals surface area contributed by atoms with Gasteiger partial charge in [0.25, 0.3) is 0 Å². The van der Waals surface area contributed by atoms with Gasteiger partial charge in [-0.15, -0.1) is 0 Å². The van der Waals surface area contributed by atoms with Crippen molar-refractivity contribution in [2.75, 3.05) is 0 Å². The molecule has 0 radical (unpaired) electrons. The van der Waals surface area contributed by atoms with Crippen LogP contribution in [-0.2, 0) is 19.4 Å². The maximum Gasteiger partial charge on any atom is 0.109 e. The van der Waals surface area contributed by atoms with Crippen molar-refractivity contribution in [1.82, 2.24) is 9.55 Å². The number of hydrogen-bond donors (Lipinski definition) is 1. The SMILES string of the molecule is CCc1cn2c(n1)CC(CC(C)N)CC2. The highest BCUT2D eigenvalue weighted by molar-refractivity contribution is 5.07. The van der Waals surface area contributed by atoms with Crippen LogP contribution < -0.4 is 5.73 Å². The fraction of sp³-hybridized carbons (Fsp3) is 0.750. The Morgan fingerprint density at radius 2 is 2.47 bits per heavy atom. The van der Waals surface area contributed by atoms with Crippen LogP contribution >= 0.6 is 0 Å². The molecule has 1 aliphatic heterocycles. The van der Waals surface area contributed by atoms with E-state index in [9.17, 15) is 0 Å². The number of nitrogens with zero attached hydrogens (tertiary/aromatic N) is 2. The molecule has 0 saturated carbocycles. The van der Waals surface area contributed by atoms with Crippen LogP contribution in [0.4, 0.5) is 0 Å². The molecule has 84 valence electrons. The molecule has 0 amide bonds. The van der Waals surface area contributed by atoms with Crippen LogP contribution in [0.2, 0.25) is 0 Å². The summed E-state index contributed by atoms with van der Waals surface area (Å²) in [5.41, 5.74) is 7.08. The quantitative estimate of drug-likeness (QED) is 0.820. The molecule has 3 nitrogen and oxygen atoms in total. The summed E-state index contributed by atoms with van der Waals surface area (Å²) in [5.74, 6) is 2.01. The lowest BCUT2D eigenvalue weighted by molar-refractivity contribution is 0.343. The Kier molecular flexibility index (Phi) is 3.10. The molecule has 0 aromatic carbocycles. The normalized spacial score (nSPS) is 22.5. The molecule has 1 aromatic rings. The smallest absolute Gasteiger partial charge is 0.109 e. The third-order valence-electron chi connectivity index (χ3n) is 3.23. The summed E-state index contributed by atoms with van der Waals surface area (Å²) < 4.78 is 2.32.